The van der Waals surface area contributed by atoms with E-state index < -0.39 is 29.0 Å². The largest absolute Gasteiger partial charge is 0.466 e. The van der Waals surface area contributed by atoms with Crippen LogP contribution in [-0.4, -0.2) is 46.1 Å². The smallest absolute Gasteiger partial charge is 0.216 e. The third-order valence-corrected chi connectivity index (χ3v) is 9.86. The molecule has 6 nitrogen and oxygen atoms in total. The van der Waals surface area contributed by atoms with Crippen molar-refractivity contribution in [3.63, 3.8) is 0 Å². The molecular formula is C29H37NO5. The molecule has 0 amide bonds. The number of hydrogen-bond acceptors (Lipinski definition) is 6. The number of carbonyl (C=O) groups excluding carboxylic acids is 1. The molecule has 4 aliphatic carbocycles. The molecule has 2 bridgehead atoms. The van der Waals surface area contributed by atoms with E-state index in [9.17, 15) is 9.90 Å². The predicted octanol–water partition coefficient (Wildman–Crippen LogP) is 4.40. The summed E-state index contributed by atoms with van der Waals surface area (Å²) in [5, 5.41) is 13.1. The maximum atomic E-state index is 14.7. The van der Waals surface area contributed by atoms with Crippen LogP contribution in [0.2, 0.25) is 0 Å². The number of ether oxygens (including phenoxy) is 3. The van der Waals surface area contributed by atoms with Gasteiger partial charge in [0.2, 0.25) is 5.88 Å². The van der Waals surface area contributed by atoms with Gasteiger partial charge in [0.05, 0.1) is 12.0 Å². The first-order valence-corrected chi connectivity index (χ1v) is 12.9. The summed E-state index contributed by atoms with van der Waals surface area (Å²) in [6.07, 6.45) is 5.17. The summed E-state index contributed by atoms with van der Waals surface area (Å²) in [5.41, 5.74) is -0.0741. The summed E-state index contributed by atoms with van der Waals surface area (Å²) in [6, 6.07) is 3.80. The summed E-state index contributed by atoms with van der Waals surface area (Å²) in [5.74, 6) is 0.00619. The molecule has 2 heterocycles. The molecule has 1 saturated heterocycles. The summed E-state index contributed by atoms with van der Waals surface area (Å²) in [4.78, 5) is 19.1. The molecular weight excluding hydrogens is 442 g/mol. The number of rotatable bonds is 2. The average Bonchev–Trinajstić information content (AvgIpc) is 3.27. The number of pyridine rings is 1. The van der Waals surface area contributed by atoms with Crippen LogP contribution >= 0.6 is 0 Å². The minimum absolute atomic E-state index is 0.0741. The molecule has 1 aliphatic heterocycles. The van der Waals surface area contributed by atoms with E-state index in [-0.39, 0.29) is 29.0 Å². The van der Waals surface area contributed by atoms with Crippen LogP contribution < -0.4 is 4.74 Å². The standard InChI is InChI=1S/C29H37NO5/c1-15-9-8-10-30-25(15)34-23-16(2)13-28-17(3)11-20-21(26(20,4)5)19(22(28)31)12-18-14-33-27(6,7)35-24(18)29(23,28)32/h8-10,12-13,17,19-21,23-24,32H,11,14H2,1-7H3/t17-,19+,20?,21?,23+,24-,28+,29-/m1/s1. The third kappa shape index (κ3) is 2.88. The molecule has 5 aliphatic rings. The minimum atomic E-state index is -1.62. The SMILES string of the molecule is CC1=C[C@]23C(=O)[C@@H](C=C4COC(C)(C)O[C@H]4[C@]2(O)[C@H]1Oc1ncccc1C)C1C(C[C@H]3C)C1(C)C. The first kappa shape index (κ1) is 23.4. The van der Waals surface area contributed by atoms with Crippen LogP contribution in [0.25, 0.3) is 0 Å². The molecule has 3 fully saturated rings. The second-order valence-corrected chi connectivity index (χ2v) is 12.6. The molecule has 0 radical (unpaired) electrons. The fraction of sp³-hybridized carbons (Fsp3) is 0.655. The van der Waals surface area contributed by atoms with Gasteiger partial charge in [-0.1, -0.05) is 39.0 Å². The molecule has 1 aromatic heterocycles. The van der Waals surface area contributed by atoms with Crippen molar-refractivity contribution < 1.29 is 24.1 Å². The predicted molar refractivity (Wildman–Crippen MR) is 131 cm³/mol. The van der Waals surface area contributed by atoms with Gasteiger partial charge in [-0.15, -0.1) is 0 Å². The number of aromatic nitrogens is 1. The zero-order valence-electron chi connectivity index (χ0n) is 21.8. The lowest BCUT2D eigenvalue weighted by molar-refractivity contribution is -0.301. The number of fused-ring (bicyclic) bond motifs is 5. The summed E-state index contributed by atoms with van der Waals surface area (Å²) < 4.78 is 19.1. The van der Waals surface area contributed by atoms with Gasteiger partial charge in [0.1, 0.15) is 6.10 Å². The lowest BCUT2D eigenvalue weighted by Crippen LogP contribution is -2.68. The fourth-order valence-corrected chi connectivity index (χ4v) is 8.01. The van der Waals surface area contributed by atoms with Gasteiger partial charge >= 0.3 is 0 Å². The van der Waals surface area contributed by atoms with E-state index in [0.717, 1.165) is 23.1 Å². The second-order valence-electron chi connectivity index (χ2n) is 12.6. The van der Waals surface area contributed by atoms with Crippen LogP contribution in [0, 0.1) is 41.4 Å². The third-order valence-electron chi connectivity index (χ3n) is 9.86. The van der Waals surface area contributed by atoms with E-state index >= 15 is 0 Å². The Labute approximate surface area is 207 Å². The van der Waals surface area contributed by atoms with Crippen molar-refractivity contribution in [3.8, 4) is 5.88 Å². The maximum Gasteiger partial charge on any atom is 0.216 e. The Morgan fingerprint density at radius 1 is 1.20 bits per heavy atom. The first-order chi connectivity index (χ1) is 16.3. The highest BCUT2D eigenvalue weighted by molar-refractivity contribution is 5.95. The Hall–Kier alpha value is -2.02. The monoisotopic (exact) mass is 479 g/mol. The van der Waals surface area contributed by atoms with Gasteiger partial charge in [-0.2, -0.15) is 0 Å². The van der Waals surface area contributed by atoms with Gasteiger partial charge in [0, 0.05) is 17.7 Å². The fourth-order valence-electron chi connectivity index (χ4n) is 8.01. The van der Waals surface area contributed by atoms with Crippen LogP contribution in [0.1, 0.15) is 53.5 Å². The van der Waals surface area contributed by atoms with E-state index in [0.29, 0.717) is 18.4 Å². The van der Waals surface area contributed by atoms with Crippen LogP contribution in [0.15, 0.2) is 41.6 Å². The molecule has 6 heteroatoms. The van der Waals surface area contributed by atoms with Gasteiger partial charge in [-0.05, 0) is 74.5 Å². The molecule has 0 aromatic carbocycles. The average molecular weight is 480 g/mol. The summed E-state index contributed by atoms with van der Waals surface area (Å²) in [6.45, 7) is 14.6. The molecule has 1 spiro atoms. The van der Waals surface area contributed by atoms with Crippen LogP contribution in [0.4, 0.5) is 0 Å². The number of aryl methyl sites for hydroxylation is 1. The molecule has 35 heavy (non-hydrogen) atoms. The highest BCUT2D eigenvalue weighted by Gasteiger charge is 2.77. The van der Waals surface area contributed by atoms with Crippen LogP contribution in [-0.2, 0) is 14.3 Å². The Bertz CT molecular complexity index is 1170. The van der Waals surface area contributed by atoms with E-state index in [1.807, 2.05) is 45.9 Å². The molecule has 2 saturated carbocycles. The number of allylic oxidation sites excluding steroid dienone is 1. The van der Waals surface area contributed by atoms with Crippen molar-refractivity contribution in [2.24, 2.45) is 34.5 Å². The normalized spacial score (nSPS) is 44.6. The number of ketones is 1. The van der Waals surface area contributed by atoms with E-state index in [4.69, 9.17) is 14.2 Å². The Kier molecular flexibility index (Phi) is 4.71. The topological polar surface area (TPSA) is 77.9 Å². The maximum absolute atomic E-state index is 14.7. The zero-order chi connectivity index (χ0) is 25.1. The highest BCUT2D eigenvalue weighted by Crippen LogP contribution is 2.72. The Morgan fingerprint density at radius 2 is 1.94 bits per heavy atom. The minimum Gasteiger partial charge on any atom is -0.466 e. The second kappa shape index (κ2) is 7.05. The van der Waals surface area contributed by atoms with Gasteiger partial charge in [-0.25, -0.2) is 4.98 Å². The molecule has 2 unspecified atom stereocenters. The van der Waals surface area contributed by atoms with E-state index in [1.54, 1.807) is 6.20 Å². The lowest BCUT2D eigenvalue weighted by atomic mass is 9.59. The van der Waals surface area contributed by atoms with E-state index in [2.05, 4.69) is 31.8 Å². The van der Waals surface area contributed by atoms with Crippen molar-refractivity contribution in [2.45, 2.75) is 78.5 Å². The molecule has 188 valence electrons. The summed E-state index contributed by atoms with van der Waals surface area (Å²) >= 11 is 0. The van der Waals surface area contributed by atoms with Crippen LogP contribution in [0.3, 0.4) is 0 Å². The number of nitrogens with zero attached hydrogens (tertiary/aromatic N) is 1. The highest BCUT2D eigenvalue weighted by atomic mass is 16.7. The van der Waals surface area contributed by atoms with Crippen molar-refractivity contribution in [1.82, 2.24) is 4.98 Å². The molecule has 1 aromatic rings. The van der Waals surface area contributed by atoms with Crippen molar-refractivity contribution in [3.05, 3.63) is 47.2 Å². The number of aliphatic hydroxyl groups is 1. The number of Topliss-reactive ketones (excluding diaryl/α,β-unsaturated/α-hetero) is 1. The first-order valence-electron chi connectivity index (χ1n) is 12.9. The van der Waals surface area contributed by atoms with Crippen molar-refractivity contribution >= 4 is 5.78 Å². The quantitative estimate of drug-likeness (QED) is 0.634. The van der Waals surface area contributed by atoms with Gasteiger partial charge in [-0.3, -0.25) is 4.79 Å². The van der Waals surface area contributed by atoms with Gasteiger partial charge in [0.25, 0.3) is 0 Å². The van der Waals surface area contributed by atoms with Gasteiger partial charge < -0.3 is 19.3 Å². The molecule has 1 N–H and O–H groups in total. The van der Waals surface area contributed by atoms with Crippen molar-refractivity contribution in [2.75, 3.05) is 6.61 Å². The number of hydrogen-bond donors (Lipinski definition) is 1. The lowest BCUT2D eigenvalue weighted by Gasteiger charge is -2.52. The van der Waals surface area contributed by atoms with Gasteiger partial charge in [0.15, 0.2) is 23.3 Å². The zero-order valence-corrected chi connectivity index (χ0v) is 21.8. The Morgan fingerprint density at radius 3 is 2.66 bits per heavy atom. The summed E-state index contributed by atoms with van der Waals surface area (Å²) in [7, 11) is 0. The molecule has 6 rings (SSSR count). The van der Waals surface area contributed by atoms with E-state index in [1.165, 1.54) is 0 Å². The Balaban J connectivity index is 1.57. The van der Waals surface area contributed by atoms with Crippen LogP contribution in [0.5, 0.6) is 5.88 Å². The molecule has 8 atom stereocenters. The number of carbonyl (C=O) groups is 1. The van der Waals surface area contributed by atoms with Crippen molar-refractivity contribution in [1.29, 1.82) is 0 Å².